The van der Waals surface area contributed by atoms with Crippen LogP contribution in [0.1, 0.15) is 15.9 Å². The first-order chi connectivity index (χ1) is 9.74. The van der Waals surface area contributed by atoms with Crippen LogP contribution >= 0.6 is 0 Å². The van der Waals surface area contributed by atoms with Crippen LogP contribution in [0.15, 0.2) is 42.9 Å². The molecule has 0 aliphatic rings. The van der Waals surface area contributed by atoms with Gasteiger partial charge in [0, 0.05) is 24.3 Å². The molecule has 0 fully saturated rings. The van der Waals surface area contributed by atoms with Gasteiger partial charge in [0.15, 0.2) is 0 Å². The molecule has 2 N–H and O–H groups in total. The molecule has 0 bridgehead atoms. The summed E-state index contributed by atoms with van der Waals surface area (Å²) in [4.78, 5) is 15.3. The van der Waals surface area contributed by atoms with Crippen LogP contribution in [0.4, 0.5) is 0 Å². The summed E-state index contributed by atoms with van der Waals surface area (Å²) in [7, 11) is 0. The molecule has 0 radical (unpaired) electrons. The molecule has 102 valence electrons. The van der Waals surface area contributed by atoms with Gasteiger partial charge in [0.25, 0.3) is 5.91 Å². The number of nitrogens with one attached hydrogen (secondary N) is 2. The fraction of sp³-hybridized carbons (Fsp3) is 0.200. The van der Waals surface area contributed by atoms with Crippen molar-refractivity contribution in [3.8, 4) is 0 Å². The zero-order valence-corrected chi connectivity index (χ0v) is 11.3. The number of hydrogen-bond acceptors (Lipinski definition) is 2. The van der Waals surface area contributed by atoms with Crippen LogP contribution in [0, 0.1) is 6.92 Å². The lowest BCUT2D eigenvalue weighted by atomic mass is 10.1. The number of amides is 1. The molecule has 5 nitrogen and oxygen atoms in total. The number of fused-ring (bicyclic) bond motifs is 1. The summed E-state index contributed by atoms with van der Waals surface area (Å²) in [5.41, 5.74) is 2.66. The van der Waals surface area contributed by atoms with Crippen LogP contribution in [0.2, 0.25) is 0 Å². The number of carbonyl (C=O) groups is 1. The number of para-hydroxylation sites is 1. The lowest BCUT2D eigenvalue weighted by Crippen LogP contribution is -2.27. The first-order valence-corrected chi connectivity index (χ1v) is 6.57. The third kappa shape index (κ3) is 2.42. The Bertz CT molecular complexity index is 741. The van der Waals surface area contributed by atoms with Gasteiger partial charge in [0.2, 0.25) is 0 Å². The first-order valence-electron chi connectivity index (χ1n) is 6.57. The number of aromatic amines is 1. The maximum atomic E-state index is 12.2. The minimum absolute atomic E-state index is 0.0677. The van der Waals surface area contributed by atoms with Crippen LogP contribution in [-0.2, 0) is 6.54 Å². The van der Waals surface area contributed by atoms with Crippen LogP contribution in [-0.4, -0.2) is 27.2 Å². The Kier molecular flexibility index (Phi) is 3.25. The molecular weight excluding hydrogens is 252 g/mol. The second kappa shape index (κ2) is 5.21. The standard InChI is InChI=1S/C15H16N4O/c1-11-9-18-19(10-11)8-7-17-15(20)13-4-2-3-12-5-6-16-14(12)13/h2-6,9-10,16H,7-8H2,1H3,(H,17,20). The van der Waals surface area contributed by atoms with Crippen molar-refractivity contribution in [2.24, 2.45) is 0 Å². The minimum atomic E-state index is -0.0677. The molecule has 5 heteroatoms. The molecule has 1 aromatic carbocycles. The summed E-state index contributed by atoms with van der Waals surface area (Å²) < 4.78 is 1.82. The predicted molar refractivity (Wildman–Crippen MR) is 77.6 cm³/mol. The van der Waals surface area contributed by atoms with E-state index in [9.17, 15) is 4.79 Å². The van der Waals surface area contributed by atoms with Crippen molar-refractivity contribution in [3.63, 3.8) is 0 Å². The molecule has 3 aromatic rings. The quantitative estimate of drug-likeness (QED) is 0.761. The van der Waals surface area contributed by atoms with Crippen molar-refractivity contribution in [2.75, 3.05) is 6.54 Å². The summed E-state index contributed by atoms with van der Waals surface area (Å²) in [5, 5.41) is 8.15. The number of aryl methyl sites for hydroxylation is 1. The molecule has 20 heavy (non-hydrogen) atoms. The van der Waals surface area contributed by atoms with Crippen molar-refractivity contribution in [3.05, 3.63) is 54.0 Å². The van der Waals surface area contributed by atoms with E-state index in [0.29, 0.717) is 18.7 Å². The molecule has 2 heterocycles. The molecule has 0 atom stereocenters. The fourth-order valence-electron chi connectivity index (χ4n) is 2.24. The van der Waals surface area contributed by atoms with Crippen LogP contribution in [0.5, 0.6) is 0 Å². The highest BCUT2D eigenvalue weighted by Gasteiger charge is 2.09. The molecule has 2 aromatic heterocycles. The maximum absolute atomic E-state index is 12.2. The third-order valence-electron chi connectivity index (χ3n) is 3.22. The summed E-state index contributed by atoms with van der Waals surface area (Å²) in [6.45, 7) is 3.21. The van der Waals surface area contributed by atoms with E-state index in [4.69, 9.17) is 0 Å². The van der Waals surface area contributed by atoms with Gasteiger partial charge in [-0.3, -0.25) is 9.48 Å². The van der Waals surface area contributed by atoms with Gasteiger partial charge < -0.3 is 10.3 Å². The number of H-pyrrole nitrogens is 1. The van der Waals surface area contributed by atoms with E-state index in [1.807, 2.05) is 54.5 Å². The molecule has 0 aliphatic carbocycles. The zero-order chi connectivity index (χ0) is 13.9. The number of benzene rings is 1. The van der Waals surface area contributed by atoms with Gasteiger partial charge in [-0.1, -0.05) is 12.1 Å². The van der Waals surface area contributed by atoms with Crippen LogP contribution in [0.25, 0.3) is 10.9 Å². The number of rotatable bonds is 4. The molecule has 0 saturated heterocycles. The number of nitrogens with zero attached hydrogens (tertiary/aromatic N) is 2. The number of hydrogen-bond donors (Lipinski definition) is 2. The second-order valence-corrected chi connectivity index (χ2v) is 4.78. The number of aromatic nitrogens is 3. The van der Waals surface area contributed by atoms with Gasteiger partial charge in [-0.05, 0) is 24.6 Å². The fourth-order valence-corrected chi connectivity index (χ4v) is 2.24. The minimum Gasteiger partial charge on any atom is -0.361 e. The predicted octanol–water partition coefficient (Wildman–Crippen LogP) is 2.10. The Labute approximate surface area is 116 Å². The average Bonchev–Trinajstić information content (AvgIpc) is 3.06. The average molecular weight is 268 g/mol. The Morgan fingerprint density at radius 1 is 1.40 bits per heavy atom. The van der Waals surface area contributed by atoms with E-state index >= 15 is 0 Å². The molecular formula is C15H16N4O. The highest BCUT2D eigenvalue weighted by Crippen LogP contribution is 2.16. The molecule has 0 unspecified atom stereocenters. The Balaban J connectivity index is 1.66. The second-order valence-electron chi connectivity index (χ2n) is 4.78. The maximum Gasteiger partial charge on any atom is 0.253 e. The Morgan fingerprint density at radius 2 is 2.30 bits per heavy atom. The lowest BCUT2D eigenvalue weighted by molar-refractivity contribution is 0.0953. The molecule has 0 saturated carbocycles. The van der Waals surface area contributed by atoms with E-state index < -0.39 is 0 Å². The third-order valence-corrected chi connectivity index (χ3v) is 3.22. The largest absolute Gasteiger partial charge is 0.361 e. The molecule has 0 spiro atoms. The van der Waals surface area contributed by atoms with E-state index in [1.54, 1.807) is 0 Å². The smallest absolute Gasteiger partial charge is 0.253 e. The Hall–Kier alpha value is -2.56. The summed E-state index contributed by atoms with van der Waals surface area (Å²) in [6.07, 6.45) is 5.60. The topological polar surface area (TPSA) is 62.7 Å². The van der Waals surface area contributed by atoms with Crippen LogP contribution < -0.4 is 5.32 Å². The molecule has 0 aliphatic heterocycles. The van der Waals surface area contributed by atoms with Gasteiger partial charge in [0.1, 0.15) is 0 Å². The van der Waals surface area contributed by atoms with E-state index in [2.05, 4.69) is 15.4 Å². The van der Waals surface area contributed by atoms with Gasteiger partial charge in [-0.15, -0.1) is 0 Å². The van der Waals surface area contributed by atoms with E-state index in [-0.39, 0.29) is 5.91 Å². The number of carbonyl (C=O) groups excluding carboxylic acids is 1. The first kappa shape index (κ1) is 12.5. The highest BCUT2D eigenvalue weighted by molar-refractivity contribution is 6.05. The monoisotopic (exact) mass is 268 g/mol. The van der Waals surface area contributed by atoms with Crippen molar-refractivity contribution in [2.45, 2.75) is 13.5 Å². The van der Waals surface area contributed by atoms with E-state index in [1.165, 1.54) is 0 Å². The normalized spacial score (nSPS) is 10.8. The SMILES string of the molecule is Cc1cnn(CCNC(=O)c2cccc3cc[nH]c23)c1. The molecule has 3 rings (SSSR count). The summed E-state index contributed by atoms with van der Waals surface area (Å²) >= 11 is 0. The van der Waals surface area contributed by atoms with E-state index in [0.717, 1.165) is 16.5 Å². The van der Waals surface area contributed by atoms with Gasteiger partial charge >= 0.3 is 0 Å². The highest BCUT2D eigenvalue weighted by atomic mass is 16.1. The van der Waals surface area contributed by atoms with Crippen molar-refractivity contribution < 1.29 is 4.79 Å². The van der Waals surface area contributed by atoms with Gasteiger partial charge in [0.05, 0.1) is 23.8 Å². The van der Waals surface area contributed by atoms with Gasteiger partial charge in [-0.2, -0.15) is 5.10 Å². The summed E-state index contributed by atoms with van der Waals surface area (Å²) in [5.74, 6) is -0.0677. The zero-order valence-electron chi connectivity index (χ0n) is 11.3. The molecule has 1 amide bonds. The summed E-state index contributed by atoms with van der Waals surface area (Å²) in [6, 6.07) is 7.65. The lowest BCUT2D eigenvalue weighted by Gasteiger charge is -2.06. The van der Waals surface area contributed by atoms with Crippen molar-refractivity contribution in [1.82, 2.24) is 20.1 Å². The van der Waals surface area contributed by atoms with Crippen LogP contribution in [0.3, 0.4) is 0 Å². The van der Waals surface area contributed by atoms with Crippen molar-refractivity contribution >= 4 is 16.8 Å². The van der Waals surface area contributed by atoms with Gasteiger partial charge in [-0.25, -0.2) is 0 Å². The van der Waals surface area contributed by atoms with Crippen molar-refractivity contribution in [1.29, 1.82) is 0 Å². The Morgan fingerprint density at radius 3 is 3.10 bits per heavy atom.